The van der Waals surface area contributed by atoms with Crippen LogP contribution >= 0.6 is 15.9 Å². The van der Waals surface area contributed by atoms with Crippen LogP contribution in [0.2, 0.25) is 0 Å². The normalized spacial score (nSPS) is 26.7. The number of rotatable bonds is 2. The molecule has 0 bridgehead atoms. The third kappa shape index (κ3) is 3.10. The van der Waals surface area contributed by atoms with E-state index in [9.17, 15) is 4.21 Å². The number of hydrogen-bond donors (Lipinski definition) is 1. The highest BCUT2D eigenvalue weighted by Gasteiger charge is 2.25. The zero-order valence-corrected chi connectivity index (χ0v) is 12.4. The van der Waals surface area contributed by atoms with Crippen LogP contribution in [-0.4, -0.2) is 9.46 Å². The molecule has 3 atom stereocenters. The third-order valence-corrected chi connectivity index (χ3v) is 6.11. The second-order valence-corrected chi connectivity index (χ2v) is 7.44. The molecule has 3 unspecified atom stereocenters. The molecule has 0 spiro atoms. The first-order valence-corrected chi connectivity index (χ1v) is 8.04. The van der Waals surface area contributed by atoms with E-state index in [4.69, 9.17) is 5.73 Å². The Hall–Kier alpha value is -0.350. The molecule has 1 aromatic carbocycles. The molecule has 2 N–H and O–H groups in total. The fourth-order valence-electron chi connectivity index (χ4n) is 2.43. The first-order valence-electron chi connectivity index (χ1n) is 6.03. The number of halogens is 1. The molecule has 1 saturated carbocycles. The lowest BCUT2D eigenvalue weighted by Crippen LogP contribution is -2.23. The van der Waals surface area contributed by atoms with Crippen molar-refractivity contribution in [3.8, 4) is 0 Å². The lowest BCUT2D eigenvalue weighted by Gasteiger charge is -2.26. The summed E-state index contributed by atoms with van der Waals surface area (Å²) in [6.45, 7) is 2.25. The lowest BCUT2D eigenvalue weighted by atomic mass is 9.91. The van der Waals surface area contributed by atoms with Gasteiger partial charge in [-0.1, -0.05) is 19.8 Å². The monoisotopic (exact) mass is 315 g/mol. The minimum Gasteiger partial charge on any atom is -0.399 e. The number of nitrogens with two attached hydrogens (primary N) is 1. The van der Waals surface area contributed by atoms with E-state index in [0.717, 1.165) is 22.2 Å². The van der Waals surface area contributed by atoms with Crippen LogP contribution in [0.4, 0.5) is 5.69 Å². The number of anilines is 1. The molecule has 0 aromatic heterocycles. The first-order chi connectivity index (χ1) is 8.08. The van der Waals surface area contributed by atoms with Gasteiger partial charge in [-0.25, -0.2) is 0 Å². The van der Waals surface area contributed by atoms with E-state index in [1.54, 1.807) is 0 Å². The first kappa shape index (κ1) is 13.1. The molecule has 0 saturated heterocycles. The predicted octanol–water partition coefficient (Wildman–Crippen LogP) is 3.72. The summed E-state index contributed by atoms with van der Waals surface area (Å²) in [5.74, 6) is 0.699. The predicted molar refractivity (Wildman–Crippen MR) is 76.4 cm³/mol. The van der Waals surface area contributed by atoms with Crippen LogP contribution in [0.15, 0.2) is 27.6 Å². The van der Waals surface area contributed by atoms with Crippen LogP contribution < -0.4 is 5.73 Å². The highest BCUT2D eigenvalue weighted by Crippen LogP contribution is 2.32. The molecule has 17 heavy (non-hydrogen) atoms. The van der Waals surface area contributed by atoms with Gasteiger partial charge in [0.05, 0.1) is 15.7 Å². The Bertz CT molecular complexity index is 435. The fraction of sp³-hybridized carbons (Fsp3) is 0.538. The molecular weight excluding hydrogens is 298 g/mol. The van der Waals surface area contributed by atoms with Crippen molar-refractivity contribution in [2.75, 3.05) is 5.73 Å². The van der Waals surface area contributed by atoms with Crippen molar-refractivity contribution >= 4 is 32.4 Å². The summed E-state index contributed by atoms with van der Waals surface area (Å²) in [6.07, 6.45) is 4.62. The second-order valence-electron chi connectivity index (χ2n) is 4.88. The maximum atomic E-state index is 12.5. The Kier molecular flexibility index (Phi) is 4.26. The molecule has 2 rings (SSSR count). The molecule has 0 heterocycles. The molecule has 94 valence electrons. The van der Waals surface area contributed by atoms with Crippen molar-refractivity contribution < 1.29 is 4.21 Å². The van der Waals surface area contributed by atoms with Crippen molar-refractivity contribution in [2.45, 2.75) is 42.8 Å². The summed E-state index contributed by atoms with van der Waals surface area (Å²) in [4.78, 5) is 0.887. The Balaban J connectivity index is 2.18. The third-order valence-electron chi connectivity index (χ3n) is 3.36. The Morgan fingerprint density at radius 1 is 1.41 bits per heavy atom. The average molecular weight is 316 g/mol. The van der Waals surface area contributed by atoms with Gasteiger partial charge in [-0.05, 0) is 52.9 Å². The van der Waals surface area contributed by atoms with Crippen LogP contribution in [0.3, 0.4) is 0 Å². The number of nitrogen functional groups attached to an aromatic ring is 1. The van der Waals surface area contributed by atoms with Gasteiger partial charge >= 0.3 is 0 Å². The maximum absolute atomic E-state index is 12.5. The highest BCUT2D eigenvalue weighted by molar-refractivity contribution is 9.10. The lowest BCUT2D eigenvalue weighted by molar-refractivity contribution is 0.389. The van der Waals surface area contributed by atoms with Crippen LogP contribution in [0.25, 0.3) is 0 Å². The molecule has 4 heteroatoms. The van der Waals surface area contributed by atoms with Gasteiger partial charge in [-0.3, -0.25) is 4.21 Å². The number of benzene rings is 1. The Labute approximate surface area is 114 Å². The molecule has 0 radical (unpaired) electrons. The van der Waals surface area contributed by atoms with E-state index in [1.165, 1.54) is 12.8 Å². The average Bonchev–Trinajstić information content (AvgIpc) is 2.28. The van der Waals surface area contributed by atoms with Gasteiger partial charge in [0.1, 0.15) is 0 Å². The standard InChI is InChI=1S/C13H18BrNOS/c1-9-3-2-4-11(7-9)17(16)13-6-5-10(15)8-12(13)14/h5-6,8-9,11H,2-4,7,15H2,1H3. The molecule has 1 aliphatic carbocycles. The molecule has 1 aliphatic rings. The van der Waals surface area contributed by atoms with Gasteiger partial charge < -0.3 is 5.73 Å². The zero-order valence-electron chi connectivity index (χ0n) is 9.99. The van der Waals surface area contributed by atoms with Crippen LogP contribution in [0.1, 0.15) is 32.6 Å². The molecular formula is C13H18BrNOS. The molecule has 1 fully saturated rings. The SMILES string of the molecule is CC1CCCC(S(=O)c2ccc(N)cc2Br)C1. The van der Waals surface area contributed by atoms with Gasteiger partial charge in [0.15, 0.2) is 0 Å². The topological polar surface area (TPSA) is 43.1 Å². The van der Waals surface area contributed by atoms with Crippen molar-refractivity contribution in [1.82, 2.24) is 0 Å². The maximum Gasteiger partial charge on any atom is 0.0572 e. The van der Waals surface area contributed by atoms with E-state index in [-0.39, 0.29) is 0 Å². The van der Waals surface area contributed by atoms with Gasteiger partial charge in [-0.15, -0.1) is 0 Å². The zero-order chi connectivity index (χ0) is 12.4. The van der Waals surface area contributed by atoms with Crippen LogP contribution in [0.5, 0.6) is 0 Å². The minimum absolute atomic E-state index is 0.304. The number of hydrogen-bond acceptors (Lipinski definition) is 2. The molecule has 1 aromatic rings. The van der Waals surface area contributed by atoms with Gasteiger partial charge in [0.25, 0.3) is 0 Å². The summed E-state index contributed by atoms with van der Waals surface area (Å²) >= 11 is 3.46. The van der Waals surface area contributed by atoms with Crippen LogP contribution in [0, 0.1) is 5.92 Å². The molecule has 0 aliphatic heterocycles. The van der Waals surface area contributed by atoms with E-state index < -0.39 is 10.8 Å². The summed E-state index contributed by atoms with van der Waals surface area (Å²) < 4.78 is 13.4. The summed E-state index contributed by atoms with van der Waals surface area (Å²) in [5, 5.41) is 0.304. The van der Waals surface area contributed by atoms with Gasteiger partial charge in [-0.2, -0.15) is 0 Å². The van der Waals surface area contributed by atoms with E-state index in [1.807, 2.05) is 18.2 Å². The molecule has 2 nitrogen and oxygen atoms in total. The minimum atomic E-state index is -0.913. The van der Waals surface area contributed by atoms with E-state index in [0.29, 0.717) is 16.9 Å². The van der Waals surface area contributed by atoms with E-state index in [2.05, 4.69) is 22.9 Å². The van der Waals surface area contributed by atoms with Crippen molar-refractivity contribution in [1.29, 1.82) is 0 Å². The van der Waals surface area contributed by atoms with Crippen molar-refractivity contribution in [3.63, 3.8) is 0 Å². The highest BCUT2D eigenvalue weighted by atomic mass is 79.9. The summed E-state index contributed by atoms with van der Waals surface area (Å²) in [5.41, 5.74) is 6.40. The van der Waals surface area contributed by atoms with Crippen LogP contribution in [-0.2, 0) is 10.8 Å². The quantitative estimate of drug-likeness (QED) is 0.845. The van der Waals surface area contributed by atoms with E-state index >= 15 is 0 Å². The fourth-order valence-corrected chi connectivity index (χ4v) is 5.00. The van der Waals surface area contributed by atoms with Gasteiger partial charge in [0, 0.05) is 15.4 Å². The van der Waals surface area contributed by atoms with Crippen molar-refractivity contribution in [3.05, 3.63) is 22.7 Å². The largest absolute Gasteiger partial charge is 0.399 e. The smallest absolute Gasteiger partial charge is 0.0572 e. The molecule has 0 amide bonds. The Morgan fingerprint density at radius 3 is 2.82 bits per heavy atom. The Morgan fingerprint density at radius 2 is 2.18 bits per heavy atom. The summed E-state index contributed by atoms with van der Waals surface area (Å²) in [6, 6.07) is 5.54. The van der Waals surface area contributed by atoms with Crippen molar-refractivity contribution in [2.24, 2.45) is 5.92 Å². The van der Waals surface area contributed by atoms with Gasteiger partial charge in [0.2, 0.25) is 0 Å². The second kappa shape index (κ2) is 5.53. The summed E-state index contributed by atoms with van der Waals surface area (Å²) in [7, 11) is -0.913.